The highest BCUT2D eigenvalue weighted by atomic mass is 16.7. The second-order valence-electron chi connectivity index (χ2n) is 10.6. The molecule has 42 heavy (non-hydrogen) atoms. The monoisotopic (exact) mass is 596 g/mol. The SMILES string of the molecule is [CH2]C(COC(=O)CCC(OCC/C=C\CCCCC)OCC/C=C\CCCCC)COC(=O)OCCCN(CC)CC. The number of unbranched alkanes of at least 4 members (excludes halogenated alkanes) is 6. The lowest BCUT2D eigenvalue weighted by Crippen LogP contribution is -2.25. The van der Waals surface area contributed by atoms with Crippen LogP contribution in [0.15, 0.2) is 24.3 Å². The van der Waals surface area contributed by atoms with Gasteiger partial charge in [0, 0.05) is 18.9 Å². The van der Waals surface area contributed by atoms with Crippen LogP contribution in [0.1, 0.15) is 111 Å². The zero-order valence-corrected chi connectivity index (χ0v) is 27.3. The second kappa shape index (κ2) is 30.6. The fourth-order valence-electron chi connectivity index (χ4n) is 4.02. The normalized spacial score (nSPS) is 12.5. The molecule has 0 aliphatic carbocycles. The van der Waals surface area contributed by atoms with Crippen LogP contribution < -0.4 is 0 Å². The first-order chi connectivity index (χ1) is 20.5. The molecule has 0 aliphatic rings. The van der Waals surface area contributed by atoms with Crippen LogP contribution in [0.4, 0.5) is 4.79 Å². The average molecular weight is 597 g/mol. The highest BCUT2D eigenvalue weighted by Gasteiger charge is 2.15. The smallest absolute Gasteiger partial charge is 0.465 e. The van der Waals surface area contributed by atoms with E-state index in [1.165, 1.54) is 38.5 Å². The number of hydrogen-bond acceptors (Lipinski definition) is 8. The van der Waals surface area contributed by atoms with Gasteiger partial charge >= 0.3 is 12.1 Å². The Balaban J connectivity index is 4.30. The molecule has 0 amide bonds. The number of hydrogen-bond donors (Lipinski definition) is 0. The number of rotatable bonds is 29. The van der Waals surface area contributed by atoms with Gasteiger partial charge in [-0.25, -0.2) is 4.79 Å². The molecular formula is C34H62NO7. The molecule has 1 unspecified atom stereocenters. The molecule has 0 N–H and O–H groups in total. The first-order valence-electron chi connectivity index (χ1n) is 16.5. The molecule has 8 heteroatoms. The Hall–Kier alpha value is -1.90. The molecule has 0 spiro atoms. The molecule has 0 rings (SSSR count). The van der Waals surface area contributed by atoms with Gasteiger partial charge < -0.3 is 28.6 Å². The Kier molecular flexibility index (Phi) is 29.2. The minimum atomic E-state index is -0.724. The Bertz CT molecular complexity index is 653. The molecule has 8 nitrogen and oxygen atoms in total. The van der Waals surface area contributed by atoms with E-state index in [-0.39, 0.29) is 31.5 Å². The van der Waals surface area contributed by atoms with E-state index >= 15 is 0 Å². The fourth-order valence-corrected chi connectivity index (χ4v) is 4.02. The van der Waals surface area contributed by atoms with Crippen LogP contribution in [0.3, 0.4) is 0 Å². The van der Waals surface area contributed by atoms with Crippen LogP contribution in [-0.4, -0.2) is 76.0 Å². The minimum absolute atomic E-state index is 0.0227. The summed E-state index contributed by atoms with van der Waals surface area (Å²) in [6.07, 6.45) is 20.1. The molecule has 1 radical (unpaired) electrons. The lowest BCUT2D eigenvalue weighted by atomic mass is 10.2. The predicted octanol–water partition coefficient (Wildman–Crippen LogP) is 8.06. The minimum Gasteiger partial charge on any atom is -0.465 e. The lowest BCUT2D eigenvalue weighted by molar-refractivity contribution is -0.158. The van der Waals surface area contributed by atoms with Crippen LogP contribution in [0.2, 0.25) is 0 Å². The summed E-state index contributed by atoms with van der Waals surface area (Å²) in [6, 6.07) is 0. The maximum Gasteiger partial charge on any atom is 0.508 e. The maximum absolute atomic E-state index is 12.4. The molecule has 0 aromatic carbocycles. The van der Waals surface area contributed by atoms with E-state index in [4.69, 9.17) is 23.7 Å². The number of nitrogens with zero attached hydrogens (tertiary/aromatic N) is 1. The Morgan fingerprint density at radius 3 is 1.79 bits per heavy atom. The molecule has 0 bridgehead atoms. The molecular weight excluding hydrogens is 534 g/mol. The van der Waals surface area contributed by atoms with Gasteiger partial charge in [0.05, 0.1) is 32.8 Å². The summed E-state index contributed by atoms with van der Waals surface area (Å²) in [5.41, 5.74) is 0. The fraction of sp³-hybridized carbons (Fsp3) is 0.794. The van der Waals surface area contributed by atoms with E-state index in [2.05, 4.69) is 63.8 Å². The molecule has 0 aliphatic heterocycles. The van der Waals surface area contributed by atoms with E-state index in [1.54, 1.807) is 0 Å². The van der Waals surface area contributed by atoms with Crippen LogP contribution in [0.25, 0.3) is 0 Å². The van der Waals surface area contributed by atoms with Crippen molar-refractivity contribution in [1.82, 2.24) is 4.90 Å². The van der Waals surface area contributed by atoms with E-state index < -0.39 is 12.4 Å². The predicted molar refractivity (Wildman–Crippen MR) is 170 cm³/mol. The summed E-state index contributed by atoms with van der Waals surface area (Å²) in [6.45, 7) is 16.8. The van der Waals surface area contributed by atoms with Gasteiger partial charge in [-0.3, -0.25) is 4.79 Å². The third kappa shape index (κ3) is 27.0. The average Bonchev–Trinajstić information content (AvgIpc) is 2.99. The number of ether oxygens (including phenoxy) is 5. The number of esters is 1. The van der Waals surface area contributed by atoms with Crippen molar-refractivity contribution >= 4 is 12.1 Å². The molecule has 1 atom stereocenters. The molecule has 0 saturated carbocycles. The Labute approximate surface area is 257 Å². The second-order valence-corrected chi connectivity index (χ2v) is 10.6. The molecule has 0 saturated heterocycles. The standard InChI is InChI=1S/C34H62NO7/c1-6-10-12-14-16-18-20-26-38-33(39-27-21-19-17-15-13-11-7-2)24-23-32(36)41-29-31(5)30-42-34(37)40-28-22-25-35(8-3)9-4/h16-19,31,33H,5-15,20-30H2,1-4H3/b18-16-,19-17-. The zero-order chi connectivity index (χ0) is 31.1. The van der Waals surface area contributed by atoms with Gasteiger partial charge in [0.1, 0.15) is 6.61 Å². The first kappa shape index (κ1) is 40.1. The van der Waals surface area contributed by atoms with Gasteiger partial charge in [0.25, 0.3) is 0 Å². The van der Waals surface area contributed by atoms with Gasteiger partial charge in [-0.1, -0.05) is 77.7 Å². The van der Waals surface area contributed by atoms with Crippen LogP contribution >= 0.6 is 0 Å². The summed E-state index contributed by atoms with van der Waals surface area (Å²) in [7, 11) is 0. The lowest BCUT2D eigenvalue weighted by Gasteiger charge is -2.18. The number of allylic oxidation sites excluding steroid dienone is 2. The van der Waals surface area contributed by atoms with Crippen molar-refractivity contribution in [3.05, 3.63) is 31.2 Å². The largest absolute Gasteiger partial charge is 0.508 e. The van der Waals surface area contributed by atoms with Crippen molar-refractivity contribution in [1.29, 1.82) is 0 Å². The molecule has 0 aromatic heterocycles. The quantitative estimate of drug-likeness (QED) is 0.0371. The van der Waals surface area contributed by atoms with Crippen molar-refractivity contribution in [2.24, 2.45) is 5.92 Å². The molecule has 245 valence electrons. The van der Waals surface area contributed by atoms with Crippen LogP contribution in [0.5, 0.6) is 0 Å². The van der Waals surface area contributed by atoms with Gasteiger partial charge in [0.2, 0.25) is 0 Å². The first-order valence-corrected chi connectivity index (χ1v) is 16.5. The number of carbonyl (C=O) groups excluding carboxylic acids is 2. The van der Waals surface area contributed by atoms with E-state index in [1.807, 2.05) is 0 Å². The molecule has 0 fully saturated rings. The van der Waals surface area contributed by atoms with Crippen molar-refractivity contribution < 1.29 is 33.3 Å². The molecule has 0 aromatic rings. The highest BCUT2D eigenvalue weighted by Crippen LogP contribution is 2.10. The van der Waals surface area contributed by atoms with Crippen molar-refractivity contribution in [2.45, 2.75) is 117 Å². The zero-order valence-electron chi connectivity index (χ0n) is 27.3. The van der Waals surface area contributed by atoms with E-state index in [0.29, 0.717) is 26.2 Å². The Morgan fingerprint density at radius 2 is 1.24 bits per heavy atom. The van der Waals surface area contributed by atoms with Crippen molar-refractivity contribution in [3.8, 4) is 0 Å². The van der Waals surface area contributed by atoms with Gasteiger partial charge in [-0.2, -0.15) is 0 Å². The summed E-state index contributed by atoms with van der Waals surface area (Å²) in [5, 5.41) is 0. The highest BCUT2D eigenvalue weighted by molar-refractivity contribution is 5.69. The van der Waals surface area contributed by atoms with Gasteiger partial charge in [-0.05, 0) is 65.0 Å². The number of carbonyl (C=O) groups is 2. The van der Waals surface area contributed by atoms with Gasteiger partial charge in [-0.15, -0.1) is 0 Å². The summed E-state index contributed by atoms with van der Waals surface area (Å²) < 4.78 is 27.4. The molecule has 0 heterocycles. The van der Waals surface area contributed by atoms with Crippen LogP contribution in [0, 0.1) is 12.8 Å². The summed E-state index contributed by atoms with van der Waals surface area (Å²) in [4.78, 5) is 26.4. The summed E-state index contributed by atoms with van der Waals surface area (Å²) >= 11 is 0. The van der Waals surface area contributed by atoms with Gasteiger partial charge in [0.15, 0.2) is 6.29 Å². The Morgan fingerprint density at radius 1 is 0.690 bits per heavy atom. The van der Waals surface area contributed by atoms with Crippen molar-refractivity contribution in [2.75, 3.05) is 52.7 Å². The van der Waals surface area contributed by atoms with E-state index in [9.17, 15) is 9.59 Å². The summed E-state index contributed by atoms with van der Waals surface area (Å²) in [5.74, 6) is -0.736. The van der Waals surface area contributed by atoms with Crippen LogP contribution in [-0.2, 0) is 28.5 Å². The third-order valence-corrected chi connectivity index (χ3v) is 6.69. The third-order valence-electron chi connectivity index (χ3n) is 6.69. The topological polar surface area (TPSA) is 83.5 Å². The van der Waals surface area contributed by atoms with Crippen molar-refractivity contribution in [3.63, 3.8) is 0 Å². The van der Waals surface area contributed by atoms with E-state index in [0.717, 1.165) is 51.7 Å². The maximum atomic E-state index is 12.4.